The van der Waals surface area contributed by atoms with E-state index < -0.39 is 27.1 Å². The smallest absolute Gasteiger partial charge is 0.441 e. The van der Waals surface area contributed by atoms with Gasteiger partial charge < -0.3 is 8.94 Å². The largest absolute Gasteiger partial charge is 0.452 e. The van der Waals surface area contributed by atoms with Crippen LogP contribution in [0, 0.1) is 0 Å². The molecular weight excluding hydrogens is 325 g/mol. The first-order chi connectivity index (χ1) is 10.1. The molecule has 2 rings (SSSR count). The van der Waals surface area contributed by atoms with Gasteiger partial charge in [0.05, 0.1) is 0 Å². The highest BCUT2D eigenvalue weighted by Gasteiger charge is 2.36. The van der Waals surface area contributed by atoms with Crippen molar-refractivity contribution in [2.45, 2.75) is 37.6 Å². The van der Waals surface area contributed by atoms with E-state index >= 15 is 0 Å². The molecule has 2 aromatic rings. The lowest BCUT2D eigenvalue weighted by Gasteiger charge is -2.09. The van der Waals surface area contributed by atoms with Gasteiger partial charge in [-0.15, -0.1) is 0 Å². The van der Waals surface area contributed by atoms with Gasteiger partial charge in [0.2, 0.25) is 10.9 Å². The summed E-state index contributed by atoms with van der Waals surface area (Å²) >= 11 is 0. The summed E-state index contributed by atoms with van der Waals surface area (Å²) in [5.74, 6) is -1.43. The lowest BCUT2D eigenvalue weighted by molar-refractivity contribution is -0.155. The van der Waals surface area contributed by atoms with Crippen LogP contribution in [0.1, 0.15) is 26.0 Å². The van der Waals surface area contributed by atoms with Crippen LogP contribution in [0.4, 0.5) is 13.2 Å². The van der Waals surface area contributed by atoms with Crippen molar-refractivity contribution in [3.8, 4) is 11.5 Å². The maximum absolute atomic E-state index is 12.4. The molecule has 2 aromatic heterocycles. The van der Waals surface area contributed by atoms with Crippen molar-refractivity contribution in [2.75, 3.05) is 0 Å². The molecule has 0 aliphatic carbocycles. The molecule has 0 bridgehead atoms. The van der Waals surface area contributed by atoms with E-state index in [-0.39, 0.29) is 17.5 Å². The van der Waals surface area contributed by atoms with Crippen molar-refractivity contribution >= 4 is 10.0 Å². The van der Waals surface area contributed by atoms with Crippen LogP contribution in [-0.4, -0.2) is 19.6 Å². The SMILES string of the molecule is CC[C@H](C)NS(=O)(=O)c1ccc(-c2cc(C(F)(F)F)on2)o1. The topological polar surface area (TPSA) is 85.3 Å². The number of rotatable bonds is 5. The zero-order chi connectivity index (χ0) is 16.5. The molecule has 0 saturated heterocycles. The Morgan fingerprint density at radius 1 is 1.36 bits per heavy atom. The molecule has 0 fully saturated rings. The minimum atomic E-state index is -4.68. The van der Waals surface area contributed by atoms with Crippen molar-refractivity contribution in [2.24, 2.45) is 0 Å². The van der Waals surface area contributed by atoms with Crippen LogP contribution < -0.4 is 4.72 Å². The predicted molar refractivity (Wildman–Crippen MR) is 69.3 cm³/mol. The Hall–Kier alpha value is -1.81. The van der Waals surface area contributed by atoms with E-state index in [1.54, 1.807) is 13.8 Å². The molecular formula is C12H13F3N2O4S. The fraction of sp³-hybridized carbons (Fsp3) is 0.417. The second kappa shape index (κ2) is 5.76. The Kier molecular flexibility index (Phi) is 4.34. The highest BCUT2D eigenvalue weighted by atomic mass is 32.2. The summed E-state index contributed by atoms with van der Waals surface area (Å²) in [6.45, 7) is 3.48. The Morgan fingerprint density at radius 2 is 2.05 bits per heavy atom. The minimum absolute atomic E-state index is 0.135. The van der Waals surface area contributed by atoms with Crippen molar-refractivity contribution < 1.29 is 30.5 Å². The summed E-state index contributed by atoms with van der Waals surface area (Å²) in [5.41, 5.74) is -0.239. The van der Waals surface area contributed by atoms with Gasteiger partial charge in [0.25, 0.3) is 10.0 Å². The van der Waals surface area contributed by atoms with Gasteiger partial charge in [-0.3, -0.25) is 0 Å². The summed E-state index contributed by atoms with van der Waals surface area (Å²) in [6, 6.07) is 2.69. The van der Waals surface area contributed by atoms with E-state index in [0.717, 1.165) is 6.07 Å². The van der Waals surface area contributed by atoms with Crippen molar-refractivity contribution in [1.82, 2.24) is 9.88 Å². The summed E-state index contributed by atoms with van der Waals surface area (Å²) in [6.07, 6.45) is -4.10. The van der Waals surface area contributed by atoms with Gasteiger partial charge in [-0.05, 0) is 25.5 Å². The molecule has 0 unspecified atom stereocenters. The Labute approximate surface area is 124 Å². The van der Waals surface area contributed by atoms with Gasteiger partial charge in [0, 0.05) is 12.1 Å². The Bertz CT molecular complexity index is 749. The van der Waals surface area contributed by atoms with Gasteiger partial charge in [-0.1, -0.05) is 12.1 Å². The molecule has 2 heterocycles. The van der Waals surface area contributed by atoms with Crippen LogP contribution >= 0.6 is 0 Å². The maximum Gasteiger partial charge on any atom is 0.452 e. The minimum Gasteiger partial charge on any atom is -0.441 e. The van der Waals surface area contributed by atoms with E-state index in [2.05, 4.69) is 14.4 Å². The number of nitrogens with one attached hydrogen (secondary N) is 1. The highest BCUT2D eigenvalue weighted by Crippen LogP contribution is 2.33. The van der Waals surface area contributed by atoms with Crippen LogP contribution in [0.25, 0.3) is 11.5 Å². The second-order valence-corrected chi connectivity index (χ2v) is 6.27. The van der Waals surface area contributed by atoms with Gasteiger partial charge in [-0.25, -0.2) is 13.1 Å². The molecule has 6 nitrogen and oxygen atoms in total. The number of alkyl halides is 3. The molecule has 1 atom stereocenters. The Balaban J connectivity index is 2.27. The first kappa shape index (κ1) is 16.6. The molecule has 122 valence electrons. The quantitative estimate of drug-likeness (QED) is 0.906. The van der Waals surface area contributed by atoms with E-state index in [1.807, 2.05) is 0 Å². The Morgan fingerprint density at radius 3 is 2.59 bits per heavy atom. The third kappa shape index (κ3) is 3.50. The van der Waals surface area contributed by atoms with Crippen LogP contribution in [0.3, 0.4) is 0 Å². The van der Waals surface area contributed by atoms with E-state index in [9.17, 15) is 21.6 Å². The average molecular weight is 338 g/mol. The maximum atomic E-state index is 12.4. The van der Waals surface area contributed by atoms with Crippen LogP contribution in [0.5, 0.6) is 0 Å². The molecule has 0 spiro atoms. The summed E-state index contributed by atoms with van der Waals surface area (Å²) in [5, 5.41) is 2.82. The zero-order valence-corrected chi connectivity index (χ0v) is 12.5. The third-order valence-electron chi connectivity index (χ3n) is 2.86. The van der Waals surface area contributed by atoms with Crippen LogP contribution in [0.2, 0.25) is 0 Å². The van der Waals surface area contributed by atoms with Crippen LogP contribution in [0.15, 0.2) is 32.2 Å². The molecule has 0 radical (unpaired) electrons. The number of halogens is 3. The van der Waals surface area contributed by atoms with E-state index in [4.69, 9.17) is 4.42 Å². The van der Waals surface area contributed by atoms with Gasteiger partial charge >= 0.3 is 6.18 Å². The van der Waals surface area contributed by atoms with E-state index in [0.29, 0.717) is 12.5 Å². The normalized spacial score (nSPS) is 14.2. The van der Waals surface area contributed by atoms with Crippen LogP contribution in [-0.2, 0) is 16.2 Å². The molecule has 1 N–H and O–H groups in total. The number of nitrogens with zero attached hydrogens (tertiary/aromatic N) is 1. The molecule has 0 amide bonds. The lowest BCUT2D eigenvalue weighted by Crippen LogP contribution is -2.31. The summed E-state index contributed by atoms with van der Waals surface area (Å²) in [7, 11) is -3.88. The van der Waals surface area contributed by atoms with Crippen molar-refractivity contribution in [1.29, 1.82) is 0 Å². The molecule has 0 aromatic carbocycles. The second-order valence-electron chi connectivity index (χ2n) is 4.62. The number of hydrogen-bond acceptors (Lipinski definition) is 5. The third-order valence-corrected chi connectivity index (χ3v) is 4.32. The monoisotopic (exact) mass is 338 g/mol. The highest BCUT2D eigenvalue weighted by molar-refractivity contribution is 7.89. The summed E-state index contributed by atoms with van der Waals surface area (Å²) in [4.78, 5) is 0. The molecule has 0 aliphatic rings. The van der Waals surface area contributed by atoms with Gasteiger partial charge in [0.15, 0.2) is 5.76 Å². The molecule has 10 heteroatoms. The summed E-state index contributed by atoms with van der Waals surface area (Å²) < 4.78 is 72.8. The molecule has 0 aliphatic heterocycles. The number of hydrogen-bond donors (Lipinski definition) is 1. The fourth-order valence-corrected chi connectivity index (χ4v) is 2.79. The van der Waals surface area contributed by atoms with Crippen molar-refractivity contribution in [3.63, 3.8) is 0 Å². The van der Waals surface area contributed by atoms with E-state index in [1.165, 1.54) is 6.07 Å². The first-order valence-electron chi connectivity index (χ1n) is 6.30. The average Bonchev–Trinajstić information content (AvgIpc) is 3.06. The molecule has 0 saturated carbocycles. The lowest BCUT2D eigenvalue weighted by atomic mass is 10.3. The standard InChI is InChI=1S/C12H13F3N2O4S/c1-3-7(2)17-22(18,19)11-5-4-9(20-11)8-6-10(21-16-8)12(13,14)15/h4-7,17H,3H2,1-2H3/t7-/m0/s1. The van der Waals surface area contributed by atoms with Gasteiger partial charge in [-0.2, -0.15) is 13.2 Å². The number of furan rings is 1. The molecule has 22 heavy (non-hydrogen) atoms. The van der Waals surface area contributed by atoms with Crippen molar-refractivity contribution in [3.05, 3.63) is 24.0 Å². The fourth-order valence-electron chi connectivity index (χ4n) is 1.53. The predicted octanol–water partition coefficient (Wildman–Crippen LogP) is 3.03. The van der Waals surface area contributed by atoms with Gasteiger partial charge in [0.1, 0.15) is 5.69 Å². The zero-order valence-electron chi connectivity index (χ0n) is 11.6. The first-order valence-corrected chi connectivity index (χ1v) is 7.78. The number of aromatic nitrogens is 1. The number of sulfonamides is 1.